The number of nitrogens with zero attached hydrogens (tertiary/aromatic N) is 3. The molecule has 1 aliphatic heterocycles. The summed E-state index contributed by atoms with van der Waals surface area (Å²) in [5.74, 6) is 0.839. The van der Waals surface area contributed by atoms with Crippen molar-refractivity contribution < 1.29 is 0 Å². The van der Waals surface area contributed by atoms with E-state index in [0.717, 1.165) is 31.0 Å². The Morgan fingerprint density at radius 2 is 2.13 bits per heavy atom. The van der Waals surface area contributed by atoms with Gasteiger partial charge in [-0.3, -0.25) is 0 Å². The minimum atomic E-state index is -0.00745. The Bertz CT molecular complexity index is 373. The molecule has 15 heavy (non-hydrogen) atoms. The molecule has 0 amide bonds. The molecule has 4 nitrogen and oxygen atoms in total. The summed E-state index contributed by atoms with van der Waals surface area (Å²) in [6.45, 7) is 5.91. The Kier molecular flexibility index (Phi) is 2.71. The van der Waals surface area contributed by atoms with Crippen molar-refractivity contribution in [3.05, 3.63) is 22.8 Å². The Balaban J connectivity index is 2.50. The molecule has 0 aromatic carbocycles. The van der Waals surface area contributed by atoms with E-state index in [9.17, 15) is 0 Å². The van der Waals surface area contributed by atoms with E-state index in [4.69, 9.17) is 5.73 Å². The van der Waals surface area contributed by atoms with Crippen molar-refractivity contribution in [3.63, 3.8) is 0 Å². The van der Waals surface area contributed by atoms with Crippen LogP contribution in [0.5, 0.6) is 0 Å². The van der Waals surface area contributed by atoms with E-state index in [2.05, 4.69) is 21.9 Å². The van der Waals surface area contributed by atoms with Gasteiger partial charge in [-0.1, -0.05) is 0 Å². The van der Waals surface area contributed by atoms with Crippen molar-refractivity contribution in [1.29, 1.82) is 0 Å². The third-order valence-corrected chi connectivity index (χ3v) is 2.83. The molecule has 2 N–H and O–H groups in total. The number of rotatable bonds is 1. The quantitative estimate of drug-likeness (QED) is 0.738. The Morgan fingerprint density at radius 3 is 2.80 bits per heavy atom. The number of nitrogens with two attached hydrogens (primary N) is 1. The molecule has 1 aromatic heterocycles. The van der Waals surface area contributed by atoms with Crippen molar-refractivity contribution in [2.75, 3.05) is 13.6 Å². The molecule has 1 aliphatic rings. The molecule has 2 rings (SSSR count). The van der Waals surface area contributed by atoms with Gasteiger partial charge in [0.1, 0.15) is 5.82 Å². The van der Waals surface area contributed by atoms with Gasteiger partial charge in [0, 0.05) is 31.1 Å². The van der Waals surface area contributed by atoms with Crippen LogP contribution in [-0.4, -0.2) is 28.5 Å². The zero-order valence-corrected chi connectivity index (χ0v) is 9.62. The fourth-order valence-corrected chi connectivity index (χ4v) is 2.08. The van der Waals surface area contributed by atoms with Gasteiger partial charge in [-0.05, 0) is 20.9 Å². The molecule has 0 saturated heterocycles. The minimum absolute atomic E-state index is 0.00745. The molecule has 1 aromatic rings. The van der Waals surface area contributed by atoms with Gasteiger partial charge >= 0.3 is 0 Å². The van der Waals surface area contributed by atoms with Crippen LogP contribution in [0.1, 0.15) is 35.7 Å². The molecule has 1 atom stereocenters. The Hall–Kier alpha value is -1.00. The van der Waals surface area contributed by atoms with Gasteiger partial charge in [-0.15, -0.1) is 0 Å². The van der Waals surface area contributed by atoms with Gasteiger partial charge in [-0.2, -0.15) is 0 Å². The third kappa shape index (κ3) is 2.01. The molecular formula is C11H18N4. The maximum absolute atomic E-state index is 5.94. The number of aryl methyl sites for hydroxylation is 1. The van der Waals surface area contributed by atoms with Crippen LogP contribution in [0.2, 0.25) is 0 Å². The van der Waals surface area contributed by atoms with Crippen molar-refractivity contribution in [2.45, 2.75) is 32.9 Å². The van der Waals surface area contributed by atoms with Crippen molar-refractivity contribution in [3.8, 4) is 0 Å². The maximum atomic E-state index is 5.94. The van der Waals surface area contributed by atoms with Gasteiger partial charge in [-0.25, -0.2) is 9.97 Å². The molecule has 0 radical (unpaired) electrons. The summed E-state index contributed by atoms with van der Waals surface area (Å²) in [4.78, 5) is 11.2. The second-order valence-electron chi connectivity index (χ2n) is 4.36. The topological polar surface area (TPSA) is 55.0 Å². The van der Waals surface area contributed by atoms with Crippen LogP contribution in [0, 0.1) is 6.92 Å². The summed E-state index contributed by atoms with van der Waals surface area (Å²) in [5.41, 5.74) is 9.39. The van der Waals surface area contributed by atoms with E-state index in [1.165, 1.54) is 11.3 Å². The second-order valence-corrected chi connectivity index (χ2v) is 4.36. The standard InChI is InChI=1S/C11H18N4/c1-7(12)11-9-6-15(3)5-4-10(9)13-8(2)14-11/h7H,4-6,12H2,1-3H3. The normalized spacial score (nSPS) is 18.7. The molecule has 0 bridgehead atoms. The molecule has 0 aliphatic carbocycles. The summed E-state index contributed by atoms with van der Waals surface area (Å²) in [7, 11) is 2.12. The summed E-state index contributed by atoms with van der Waals surface area (Å²) < 4.78 is 0. The molecule has 2 heterocycles. The lowest BCUT2D eigenvalue weighted by atomic mass is 10.0. The van der Waals surface area contributed by atoms with Crippen LogP contribution >= 0.6 is 0 Å². The molecule has 0 fully saturated rings. The lowest BCUT2D eigenvalue weighted by molar-refractivity contribution is 0.306. The number of hydrogen-bond acceptors (Lipinski definition) is 4. The SMILES string of the molecule is Cc1nc2c(c(C(C)N)n1)CN(C)CC2. The Morgan fingerprint density at radius 1 is 1.40 bits per heavy atom. The highest BCUT2D eigenvalue weighted by atomic mass is 15.1. The van der Waals surface area contributed by atoms with Crippen LogP contribution in [-0.2, 0) is 13.0 Å². The first kappa shape index (κ1) is 10.5. The van der Waals surface area contributed by atoms with E-state index < -0.39 is 0 Å². The third-order valence-electron chi connectivity index (χ3n) is 2.83. The number of fused-ring (bicyclic) bond motifs is 1. The fraction of sp³-hybridized carbons (Fsp3) is 0.636. The zero-order chi connectivity index (χ0) is 11.0. The number of likely N-dealkylation sites (N-methyl/N-ethyl adjacent to an activating group) is 1. The lowest BCUT2D eigenvalue weighted by Crippen LogP contribution is -2.30. The van der Waals surface area contributed by atoms with E-state index in [1.807, 2.05) is 13.8 Å². The van der Waals surface area contributed by atoms with Crippen molar-refractivity contribution in [1.82, 2.24) is 14.9 Å². The van der Waals surface area contributed by atoms with E-state index in [0.29, 0.717) is 0 Å². The monoisotopic (exact) mass is 206 g/mol. The maximum Gasteiger partial charge on any atom is 0.125 e. The number of hydrogen-bond donors (Lipinski definition) is 1. The summed E-state index contributed by atoms with van der Waals surface area (Å²) in [6, 6.07) is -0.00745. The highest BCUT2D eigenvalue weighted by molar-refractivity contribution is 5.30. The first-order valence-electron chi connectivity index (χ1n) is 5.38. The van der Waals surface area contributed by atoms with Crippen LogP contribution in [0.3, 0.4) is 0 Å². The number of aromatic nitrogens is 2. The fourth-order valence-electron chi connectivity index (χ4n) is 2.08. The van der Waals surface area contributed by atoms with Crippen LogP contribution < -0.4 is 5.73 Å². The van der Waals surface area contributed by atoms with E-state index in [-0.39, 0.29) is 6.04 Å². The van der Waals surface area contributed by atoms with Gasteiger partial charge in [0.2, 0.25) is 0 Å². The largest absolute Gasteiger partial charge is 0.323 e. The average Bonchev–Trinajstić information content (AvgIpc) is 2.17. The lowest BCUT2D eigenvalue weighted by Gasteiger charge is -2.26. The zero-order valence-electron chi connectivity index (χ0n) is 9.62. The summed E-state index contributed by atoms with van der Waals surface area (Å²) in [6.07, 6.45) is 1.01. The van der Waals surface area contributed by atoms with E-state index >= 15 is 0 Å². The van der Waals surface area contributed by atoms with Crippen LogP contribution in [0.15, 0.2) is 0 Å². The molecule has 0 spiro atoms. The van der Waals surface area contributed by atoms with Gasteiger partial charge in [0.25, 0.3) is 0 Å². The Labute approximate surface area is 90.5 Å². The van der Waals surface area contributed by atoms with Crippen LogP contribution in [0.25, 0.3) is 0 Å². The molecule has 82 valence electrons. The van der Waals surface area contributed by atoms with Gasteiger partial charge in [0.15, 0.2) is 0 Å². The van der Waals surface area contributed by atoms with Crippen molar-refractivity contribution in [2.24, 2.45) is 5.73 Å². The highest BCUT2D eigenvalue weighted by Crippen LogP contribution is 2.22. The molecule has 4 heteroatoms. The molecule has 1 unspecified atom stereocenters. The van der Waals surface area contributed by atoms with Gasteiger partial charge in [0.05, 0.1) is 11.4 Å². The van der Waals surface area contributed by atoms with Crippen molar-refractivity contribution >= 4 is 0 Å². The molecule has 0 saturated carbocycles. The summed E-state index contributed by atoms with van der Waals surface area (Å²) in [5, 5.41) is 0. The van der Waals surface area contributed by atoms with Gasteiger partial charge < -0.3 is 10.6 Å². The second kappa shape index (κ2) is 3.87. The predicted molar refractivity (Wildman–Crippen MR) is 59.4 cm³/mol. The predicted octanol–water partition coefficient (Wildman–Crippen LogP) is 0.793. The average molecular weight is 206 g/mol. The van der Waals surface area contributed by atoms with Crippen LogP contribution in [0.4, 0.5) is 0 Å². The highest BCUT2D eigenvalue weighted by Gasteiger charge is 2.20. The minimum Gasteiger partial charge on any atom is -0.323 e. The molecular weight excluding hydrogens is 188 g/mol. The summed E-state index contributed by atoms with van der Waals surface area (Å²) >= 11 is 0. The first-order chi connectivity index (χ1) is 7.08. The van der Waals surface area contributed by atoms with E-state index in [1.54, 1.807) is 0 Å². The first-order valence-corrected chi connectivity index (χ1v) is 5.38. The smallest absolute Gasteiger partial charge is 0.125 e.